The van der Waals surface area contributed by atoms with Crippen molar-refractivity contribution in [2.75, 3.05) is 0 Å². The smallest absolute Gasteiger partial charge is 0.263 e. The zero-order valence-corrected chi connectivity index (χ0v) is 8.95. The highest BCUT2D eigenvalue weighted by atomic mass is 35.5. The predicted octanol–water partition coefficient (Wildman–Crippen LogP) is 1.27. The van der Waals surface area contributed by atoms with Gasteiger partial charge in [0.2, 0.25) is 5.28 Å². The molecule has 0 fully saturated rings. The van der Waals surface area contributed by atoms with Crippen molar-refractivity contribution in [3.63, 3.8) is 0 Å². The Kier molecular flexibility index (Phi) is 2.46. The standard InChI is InChI=1S/C10H10ClN3O/c1-6-2-3-8-7(4-6)9(15)14(5-12)10(11)13-8/h2-4H,5,12H2,1H3. The fourth-order valence-corrected chi connectivity index (χ4v) is 1.70. The molecule has 0 saturated carbocycles. The van der Waals surface area contributed by atoms with Gasteiger partial charge in [-0.15, -0.1) is 0 Å². The minimum atomic E-state index is -0.198. The van der Waals surface area contributed by atoms with Crippen molar-refractivity contribution < 1.29 is 0 Å². The number of aromatic nitrogens is 2. The van der Waals surface area contributed by atoms with Crippen LogP contribution in [0.3, 0.4) is 0 Å². The summed E-state index contributed by atoms with van der Waals surface area (Å²) in [5, 5.41) is 0.670. The number of aryl methyl sites for hydroxylation is 1. The summed E-state index contributed by atoms with van der Waals surface area (Å²) in [4.78, 5) is 16.0. The van der Waals surface area contributed by atoms with Crippen LogP contribution in [0.4, 0.5) is 0 Å². The largest absolute Gasteiger partial charge is 0.313 e. The maximum atomic E-state index is 11.9. The van der Waals surface area contributed by atoms with Gasteiger partial charge in [0, 0.05) is 0 Å². The zero-order chi connectivity index (χ0) is 11.0. The van der Waals surface area contributed by atoms with Crippen molar-refractivity contribution in [3.8, 4) is 0 Å². The van der Waals surface area contributed by atoms with Crippen LogP contribution < -0.4 is 11.3 Å². The average Bonchev–Trinajstić information content (AvgIpc) is 2.20. The molecule has 5 heteroatoms. The Morgan fingerprint density at radius 3 is 2.93 bits per heavy atom. The summed E-state index contributed by atoms with van der Waals surface area (Å²) in [6.45, 7) is 1.95. The van der Waals surface area contributed by atoms with E-state index in [0.717, 1.165) is 5.56 Å². The molecule has 0 aliphatic carbocycles. The summed E-state index contributed by atoms with van der Waals surface area (Å²) in [6.07, 6.45) is 0. The van der Waals surface area contributed by atoms with Crippen LogP contribution >= 0.6 is 11.6 Å². The molecule has 0 atom stereocenters. The molecule has 0 aliphatic heterocycles. The molecule has 0 amide bonds. The lowest BCUT2D eigenvalue weighted by Crippen LogP contribution is -2.25. The number of hydrogen-bond acceptors (Lipinski definition) is 3. The first-order valence-electron chi connectivity index (χ1n) is 4.50. The molecule has 1 aromatic carbocycles. The van der Waals surface area contributed by atoms with E-state index in [4.69, 9.17) is 17.3 Å². The van der Waals surface area contributed by atoms with Gasteiger partial charge < -0.3 is 5.73 Å². The first kappa shape index (κ1) is 10.1. The maximum absolute atomic E-state index is 11.9. The molecule has 2 N–H and O–H groups in total. The summed E-state index contributed by atoms with van der Waals surface area (Å²) in [5.74, 6) is 0. The lowest BCUT2D eigenvalue weighted by molar-refractivity contribution is 0.693. The van der Waals surface area contributed by atoms with Crippen molar-refractivity contribution >= 4 is 22.5 Å². The Morgan fingerprint density at radius 2 is 2.27 bits per heavy atom. The molecular formula is C10H10ClN3O. The average molecular weight is 224 g/mol. The Labute approximate surface area is 91.3 Å². The molecule has 0 radical (unpaired) electrons. The molecular weight excluding hydrogens is 214 g/mol. The van der Waals surface area contributed by atoms with Gasteiger partial charge in [-0.1, -0.05) is 11.6 Å². The van der Waals surface area contributed by atoms with E-state index >= 15 is 0 Å². The van der Waals surface area contributed by atoms with Crippen molar-refractivity contribution in [2.45, 2.75) is 13.6 Å². The van der Waals surface area contributed by atoms with E-state index in [-0.39, 0.29) is 17.5 Å². The van der Waals surface area contributed by atoms with Crippen LogP contribution in [0.2, 0.25) is 5.28 Å². The Morgan fingerprint density at radius 1 is 1.53 bits per heavy atom. The van der Waals surface area contributed by atoms with Gasteiger partial charge in [-0.3, -0.25) is 9.36 Å². The number of nitrogens with two attached hydrogens (primary N) is 1. The number of rotatable bonds is 1. The lowest BCUT2D eigenvalue weighted by atomic mass is 10.2. The van der Waals surface area contributed by atoms with Gasteiger partial charge in [0.25, 0.3) is 5.56 Å². The van der Waals surface area contributed by atoms with E-state index < -0.39 is 0 Å². The molecule has 1 heterocycles. The molecule has 2 rings (SSSR count). The molecule has 15 heavy (non-hydrogen) atoms. The first-order chi connectivity index (χ1) is 7.13. The van der Waals surface area contributed by atoms with Gasteiger partial charge in [0.15, 0.2) is 0 Å². The van der Waals surface area contributed by atoms with Crippen molar-refractivity contribution in [1.29, 1.82) is 0 Å². The second-order valence-corrected chi connectivity index (χ2v) is 3.66. The highest BCUT2D eigenvalue weighted by Crippen LogP contribution is 2.12. The van der Waals surface area contributed by atoms with Gasteiger partial charge in [-0.2, -0.15) is 0 Å². The SMILES string of the molecule is Cc1ccc2nc(Cl)n(CN)c(=O)c2c1. The van der Waals surface area contributed by atoms with Crippen LogP contribution in [0.1, 0.15) is 5.56 Å². The van der Waals surface area contributed by atoms with Gasteiger partial charge in [-0.05, 0) is 30.7 Å². The van der Waals surface area contributed by atoms with Crippen LogP contribution in [-0.4, -0.2) is 9.55 Å². The highest BCUT2D eigenvalue weighted by Gasteiger charge is 2.07. The summed E-state index contributed by atoms with van der Waals surface area (Å²) in [6, 6.07) is 5.45. The van der Waals surface area contributed by atoms with Crippen molar-refractivity contribution in [3.05, 3.63) is 39.4 Å². The van der Waals surface area contributed by atoms with Crippen molar-refractivity contribution in [2.24, 2.45) is 5.73 Å². The second-order valence-electron chi connectivity index (χ2n) is 3.32. The molecule has 1 aromatic heterocycles. The quantitative estimate of drug-likeness (QED) is 0.741. The minimum Gasteiger partial charge on any atom is -0.313 e. The summed E-state index contributed by atoms with van der Waals surface area (Å²) in [5.41, 5.74) is 6.83. The number of nitrogens with zero attached hydrogens (tertiary/aromatic N) is 2. The molecule has 4 nitrogen and oxygen atoms in total. The van der Waals surface area contributed by atoms with E-state index in [9.17, 15) is 4.79 Å². The van der Waals surface area contributed by atoms with Gasteiger partial charge in [0.05, 0.1) is 17.6 Å². The van der Waals surface area contributed by atoms with Gasteiger partial charge in [0.1, 0.15) is 0 Å². The topological polar surface area (TPSA) is 60.9 Å². The molecule has 0 bridgehead atoms. The molecule has 0 spiro atoms. The second kappa shape index (κ2) is 3.64. The third-order valence-electron chi connectivity index (χ3n) is 2.25. The normalized spacial score (nSPS) is 10.9. The predicted molar refractivity (Wildman–Crippen MR) is 59.9 cm³/mol. The number of hydrogen-bond donors (Lipinski definition) is 1. The lowest BCUT2D eigenvalue weighted by Gasteiger charge is -2.06. The van der Waals surface area contributed by atoms with E-state index in [0.29, 0.717) is 10.9 Å². The zero-order valence-electron chi connectivity index (χ0n) is 8.20. The summed E-state index contributed by atoms with van der Waals surface area (Å²) in [7, 11) is 0. The fourth-order valence-electron chi connectivity index (χ4n) is 1.47. The summed E-state index contributed by atoms with van der Waals surface area (Å²) < 4.78 is 1.24. The van der Waals surface area contributed by atoms with Crippen LogP contribution in [0, 0.1) is 6.92 Å². The third kappa shape index (κ3) is 1.62. The van der Waals surface area contributed by atoms with Crippen molar-refractivity contribution in [1.82, 2.24) is 9.55 Å². The van der Waals surface area contributed by atoms with Crippen LogP contribution in [0.5, 0.6) is 0 Å². The monoisotopic (exact) mass is 223 g/mol. The molecule has 0 saturated heterocycles. The van der Waals surface area contributed by atoms with E-state index in [1.54, 1.807) is 12.1 Å². The van der Waals surface area contributed by atoms with E-state index in [2.05, 4.69) is 4.98 Å². The Bertz CT molecular complexity index is 577. The number of benzene rings is 1. The molecule has 78 valence electrons. The number of halogens is 1. The Hall–Kier alpha value is -1.39. The van der Waals surface area contributed by atoms with Gasteiger partial charge >= 0.3 is 0 Å². The van der Waals surface area contributed by atoms with Crippen LogP contribution in [0.15, 0.2) is 23.0 Å². The van der Waals surface area contributed by atoms with Crippen LogP contribution in [-0.2, 0) is 6.67 Å². The minimum absolute atomic E-state index is 0.0363. The highest BCUT2D eigenvalue weighted by molar-refractivity contribution is 6.28. The summed E-state index contributed by atoms with van der Waals surface area (Å²) >= 11 is 5.82. The fraction of sp³-hybridized carbons (Fsp3) is 0.200. The van der Waals surface area contributed by atoms with Gasteiger partial charge in [-0.25, -0.2) is 4.98 Å². The first-order valence-corrected chi connectivity index (χ1v) is 4.88. The van der Waals surface area contributed by atoms with E-state index in [1.165, 1.54) is 4.57 Å². The van der Waals surface area contributed by atoms with Crippen LogP contribution in [0.25, 0.3) is 10.9 Å². The Balaban J connectivity index is 2.92. The number of fused-ring (bicyclic) bond motifs is 1. The molecule has 0 aliphatic rings. The molecule has 2 aromatic rings. The maximum Gasteiger partial charge on any atom is 0.263 e. The molecule has 0 unspecified atom stereocenters. The third-order valence-corrected chi connectivity index (χ3v) is 2.53. The van der Waals surface area contributed by atoms with E-state index in [1.807, 2.05) is 13.0 Å².